The zero-order chi connectivity index (χ0) is 29.2. The van der Waals surface area contributed by atoms with Crippen molar-refractivity contribution in [2.45, 2.75) is 27.2 Å². The summed E-state index contributed by atoms with van der Waals surface area (Å²) in [4.78, 5) is 30.7. The number of hydrogen-bond acceptors (Lipinski definition) is 6. The van der Waals surface area contributed by atoms with E-state index in [-0.39, 0.29) is 11.9 Å². The van der Waals surface area contributed by atoms with Gasteiger partial charge in [-0.1, -0.05) is 18.2 Å². The lowest BCUT2D eigenvalue weighted by Gasteiger charge is -2.38. The summed E-state index contributed by atoms with van der Waals surface area (Å²) >= 11 is 0. The number of hydrogen-bond donors (Lipinski definition) is 3. The fourth-order valence-corrected chi connectivity index (χ4v) is 4.88. The van der Waals surface area contributed by atoms with Crippen molar-refractivity contribution in [2.75, 3.05) is 73.5 Å². The smallest absolute Gasteiger partial charge is 0.323 e. The van der Waals surface area contributed by atoms with E-state index in [4.69, 9.17) is 9.47 Å². The molecular weight excluding hydrogens is 518 g/mol. The molecule has 1 fully saturated rings. The first kappa shape index (κ1) is 29.7. The first-order valence-electron chi connectivity index (χ1n) is 14.2. The lowest BCUT2D eigenvalue weighted by molar-refractivity contribution is 0.0944. The van der Waals surface area contributed by atoms with Gasteiger partial charge in [0.1, 0.15) is 5.75 Å². The van der Waals surface area contributed by atoms with Crippen LogP contribution in [0.4, 0.5) is 27.5 Å². The van der Waals surface area contributed by atoms with Crippen LogP contribution in [0, 0.1) is 13.8 Å². The summed E-state index contributed by atoms with van der Waals surface area (Å²) in [6.07, 6.45) is 0.725. The molecule has 0 atom stereocenters. The van der Waals surface area contributed by atoms with Gasteiger partial charge in [0, 0.05) is 63.0 Å². The monoisotopic (exact) mass is 559 g/mol. The van der Waals surface area contributed by atoms with Crippen LogP contribution in [0.1, 0.15) is 34.8 Å². The largest absolute Gasteiger partial charge is 0.495 e. The highest BCUT2D eigenvalue weighted by atomic mass is 16.5. The van der Waals surface area contributed by atoms with Crippen LogP contribution in [0.3, 0.4) is 0 Å². The van der Waals surface area contributed by atoms with Crippen LogP contribution < -0.4 is 30.5 Å². The number of piperazine rings is 1. The number of para-hydroxylation sites is 2. The predicted octanol–water partition coefficient (Wildman–Crippen LogP) is 5.44. The molecule has 9 heteroatoms. The Morgan fingerprint density at radius 1 is 0.829 bits per heavy atom. The third-order valence-corrected chi connectivity index (χ3v) is 7.27. The van der Waals surface area contributed by atoms with E-state index >= 15 is 0 Å². The van der Waals surface area contributed by atoms with Crippen LogP contribution in [0.5, 0.6) is 5.75 Å². The minimum atomic E-state index is -0.366. The second-order valence-electron chi connectivity index (χ2n) is 10.1. The van der Waals surface area contributed by atoms with E-state index in [0.29, 0.717) is 36.7 Å². The fraction of sp³-hybridized carbons (Fsp3) is 0.375. The number of carbonyl (C=O) groups is 2. The van der Waals surface area contributed by atoms with E-state index in [1.807, 2.05) is 69.3 Å². The van der Waals surface area contributed by atoms with E-state index in [1.165, 1.54) is 0 Å². The van der Waals surface area contributed by atoms with Gasteiger partial charge in [-0.25, -0.2) is 4.79 Å². The Morgan fingerprint density at radius 2 is 1.49 bits per heavy atom. The van der Waals surface area contributed by atoms with Gasteiger partial charge in [0.25, 0.3) is 5.91 Å². The zero-order valence-corrected chi connectivity index (χ0v) is 24.5. The number of urea groups is 1. The SMILES string of the molecule is CCOCCCNC(=O)c1cc(NC(=O)Nc2ccc(C)c(C)c2)ccc1N1CCN(c2ccccc2OC)CC1. The summed E-state index contributed by atoms with van der Waals surface area (Å²) in [6, 6.07) is 18.9. The third-order valence-electron chi connectivity index (χ3n) is 7.27. The van der Waals surface area contributed by atoms with Gasteiger partial charge in [-0.3, -0.25) is 4.79 Å². The van der Waals surface area contributed by atoms with Crippen molar-refractivity contribution in [3.8, 4) is 5.75 Å². The Labute approximate surface area is 242 Å². The van der Waals surface area contributed by atoms with Crippen molar-refractivity contribution in [3.63, 3.8) is 0 Å². The molecule has 3 N–H and O–H groups in total. The number of methoxy groups -OCH3 is 1. The molecule has 0 aliphatic carbocycles. The van der Waals surface area contributed by atoms with Gasteiger partial charge < -0.3 is 35.2 Å². The van der Waals surface area contributed by atoms with Crippen molar-refractivity contribution in [3.05, 3.63) is 77.4 Å². The highest BCUT2D eigenvalue weighted by molar-refractivity contribution is 6.04. The Balaban J connectivity index is 1.48. The van der Waals surface area contributed by atoms with E-state index in [9.17, 15) is 9.59 Å². The first-order valence-corrected chi connectivity index (χ1v) is 14.2. The Hall–Kier alpha value is -4.24. The zero-order valence-electron chi connectivity index (χ0n) is 24.5. The highest BCUT2D eigenvalue weighted by Gasteiger charge is 2.24. The average molecular weight is 560 g/mol. The number of anilines is 4. The maximum atomic E-state index is 13.4. The average Bonchev–Trinajstić information content (AvgIpc) is 2.99. The van der Waals surface area contributed by atoms with Crippen molar-refractivity contribution < 1.29 is 19.1 Å². The topological polar surface area (TPSA) is 95.2 Å². The number of carbonyl (C=O) groups excluding carboxylic acids is 2. The molecule has 4 rings (SSSR count). The van der Waals surface area contributed by atoms with Crippen molar-refractivity contribution in [1.29, 1.82) is 0 Å². The first-order chi connectivity index (χ1) is 19.9. The van der Waals surface area contributed by atoms with Gasteiger partial charge in [-0.2, -0.15) is 0 Å². The minimum Gasteiger partial charge on any atom is -0.495 e. The van der Waals surface area contributed by atoms with Gasteiger partial charge in [0.05, 0.1) is 18.4 Å². The van der Waals surface area contributed by atoms with Gasteiger partial charge >= 0.3 is 6.03 Å². The lowest BCUT2D eigenvalue weighted by Crippen LogP contribution is -2.47. The van der Waals surface area contributed by atoms with Gasteiger partial charge in [0.2, 0.25) is 0 Å². The number of ether oxygens (including phenoxy) is 2. The van der Waals surface area contributed by atoms with Crippen molar-refractivity contribution in [1.82, 2.24) is 5.32 Å². The maximum absolute atomic E-state index is 13.4. The number of rotatable bonds is 11. The molecule has 1 aliphatic heterocycles. The molecule has 3 amide bonds. The molecule has 1 aliphatic rings. The standard InChI is InChI=1S/C32H41N5O4/c1-5-41-20-8-15-33-31(38)27-22-26(35-32(39)34-25-12-11-23(2)24(3)21-25)13-14-28(27)36-16-18-37(19-17-36)29-9-6-7-10-30(29)40-4/h6-7,9-14,21-22H,5,8,15-20H2,1-4H3,(H,33,38)(H2,34,35,39). The molecule has 1 saturated heterocycles. The second kappa shape index (κ2) is 14.4. The molecule has 3 aromatic rings. The summed E-state index contributed by atoms with van der Waals surface area (Å²) in [6.45, 7) is 10.8. The van der Waals surface area contributed by atoms with Crippen LogP contribution in [0.2, 0.25) is 0 Å². The van der Waals surface area contributed by atoms with Crippen molar-refractivity contribution in [2.24, 2.45) is 0 Å². The number of benzene rings is 3. The summed E-state index contributed by atoms with van der Waals surface area (Å²) in [7, 11) is 1.69. The predicted molar refractivity (Wildman–Crippen MR) is 166 cm³/mol. The Bertz CT molecular complexity index is 1340. The molecule has 218 valence electrons. The van der Waals surface area contributed by atoms with E-state index in [0.717, 1.165) is 60.9 Å². The Morgan fingerprint density at radius 3 is 2.17 bits per heavy atom. The van der Waals surface area contributed by atoms with Crippen LogP contribution in [-0.4, -0.2) is 65.0 Å². The number of nitrogens with one attached hydrogen (secondary N) is 3. The molecule has 0 aromatic heterocycles. The maximum Gasteiger partial charge on any atom is 0.323 e. The summed E-state index contributed by atoms with van der Waals surface area (Å²) in [5, 5.41) is 8.78. The molecule has 0 radical (unpaired) electrons. The van der Waals surface area contributed by atoms with Crippen LogP contribution in [0.15, 0.2) is 60.7 Å². The molecule has 41 heavy (non-hydrogen) atoms. The molecule has 0 unspecified atom stereocenters. The summed E-state index contributed by atoms with van der Waals surface area (Å²) in [5.41, 5.74) is 5.94. The van der Waals surface area contributed by atoms with E-state index in [2.05, 4.69) is 31.8 Å². The van der Waals surface area contributed by atoms with Crippen LogP contribution >= 0.6 is 0 Å². The molecule has 0 bridgehead atoms. The van der Waals surface area contributed by atoms with Crippen molar-refractivity contribution >= 4 is 34.7 Å². The Kier molecular flexibility index (Phi) is 10.5. The fourth-order valence-electron chi connectivity index (χ4n) is 4.88. The summed E-state index contributed by atoms with van der Waals surface area (Å²) in [5.74, 6) is 0.671. The van der Waals surface area contributed by atoms with Gasteiger partial charge in [-0.05, 0) is 80.8 Å². The van der Waals surface area contributed by atoms with E-state index < -0.39 is 0 Å². The molecule has 9 nitrogen and oxygen atoms in total. The second-order valence-corrected chi connectivity index (χ2v) is 10.1. The van der Waals surface area contributed by atoms with E-state index in [1.54, 1.807) is 13.2 Å². The number of aryl methyl sites for hydroxylation is 2. The normalized spacial score (nSPS) is 13.1. The van der Waals surface area contributed by atoms with Gasteiger partial charge in [0.15, 0.2) is 0 Å². The minimum absolute atomic E-state index is 0.179. The van der Waals surface area contributed by atoms with Crippen LogP contribution in [-0.2, 0) is 4.74 Å². The molecular formula is C32H41N5O4. The molecule has 0 saturated carbocycles. The highest BCUT2D eigenvalue weighted by Crippen LogP contribution is 2.31. The quantitative estimate of drug-likeness (QED) is 0.271. The molecule has 3 aromatic carbocycles. The lowest BCUT2D eigenvalue weighted by atomic mass is 10.1. The summed E-state index contributed by atoms with van der Waals surface area (Å²) < 4.78 is 11.0. The van der Waals surface area contributed by atoms with Gasteiger partial charge in [-0.15, -0.1) is 0 Å². The third kappa shape index (κ3) is 7.91. The molecule has 1 heterocycles. The van der Waals surface area contributed by atoms with Crippen LogP contribution in [0.25, 0.3) is 0 Å². The molecule has 0 spiro atoms. The number of nitrogens with zero attached hydrogens (tertiary/aromatic N) is 2. The number of amides is 3.